The summed E-state index contributed by atoms with van der Waals surface area (Å²) in [6.45, 7) is 2.46. The first-order valence-electron chi connectivity index (χ1n) is 9.31. The van der Waals surface area contributed by atoms with Gasteiger partial charge >= 0.3 is 0 Å². The van der Waals surface area contributed by atoms with Crippen LogP contribution < -0.4 is 0 Å². The highest BCUT2D eigenvalue weighted by Gasteiger charge is 2.49. The van der Waals surface area contributed by atoms with Gasteiger partial charge in [-0.2, -0.15) is 5.10 Å². The first kappa shape index (κ1) is 17.7. The van der Waals surface area contributed by atoms with Crippen molar-refractivity contribution < 1.29 is 14.0 Å². The lowest BCUT2D eigenvalue weighted by Gasteiger charge is -2.47. The largest absolute Gasteiger partial charge is 0.326 e. The monoisotopic (exact) mass is 401 g/mol. The van der Waals surface area contributed by atoms with Crippen LogP contribution in [0, 0.1) is 5.82 Å². The number of hydrogen-bond donors (Lipinski definition) is 0. The number of carbonyl (C=O) groups is 2. The zero-order valence-corrected chi connectivity index (χ0v) is 16.0. The maximum atomic E-state index is 13.4. The molecule has 4 heterocycles. The highest BCUT2D eigenvalue weighted by molar-refractivity contribution is 7.99. The molecule has 146 valence electrons. The zero-order chi connectivity index (χ0) is 19.3. The second-order valence-electron chi connectivity index (χ2n) is 7.38. The van der Waals surface area contributed by atoms with Crippen molar-refractivity contribution in [1.29, 1.82) is 0 Å². The molecule has 1 aromatic heterocycles. The smallest absolute Gasteiger partial charge is 0.248 e. The molecule has 3 aliphatic heterocycles. The number of rotatable bonds is 3. The predicted octanol–water partition coefficient (Wildman–Crippen LogP) is 0.939. The topological polar surface area (TPSA) is 61.7 Å². The molecule has 0 spiro atoms. The minimum Gasteiger partial charge on any atom is -0.326 e. The Labute approximate surface area is 166 Å². The SMILES string of the molecule is O=C1[C@@H]2CSCN2C(=O)[C@H]2CN(Cc3cnn(-c4cccc(F)c4)c3)CCN12. The molecule has 5 rings (SSSR count). The van der Waals surface area contributed by atoms with Crippen LogP contribution in [0.2, 0.25) is 0 Å². The molecule has 1 aromatic carbocycles. The van der Waals surface area contributed by atoms with E-state index in [0.29, 0.717) is 37.0 Å². The van der Waals surface area contributed by atoms with E-state index >= 15 is 0 Å². The number of benzene rings is 1. The summed E-state index contributed by atoms with van der Waals surface area (Å²) in [6.07, 6.45) is 3.64. The van der Waals surface area contributed by atoms with E-state index in [2.05, 4.69) is 10.00 Å². The van der Waals surface area contributed by atoms with E-state index in [1.54, 1.807) is 44.6 Å². The third kappa shape index (κ3) is 2.98. The minimum absolute atomic E-state index is 0.0646. The van der Waals surface area contributed by atoms with Crippen LogP contribution in [-0.2, 0) is 16.1 Å². The molecule has 2 aromatic rings. The molecule has 28 heavy (non-hydrogen) atoms. The van der Waals surface area contributed by atoms with Gasteiger partial charge in [0.05, 0.1) is 17.8 Å². The van der Waals surface area contributed by atoms with E-state index < -0.39 is 6.04 Å². The van der Waals surface area contributed by atoms with Gasteiger partial charge in [-0.1, -0.05) is 6.07 Å². The molecule has 9 heteroatoms. The summed E-state index contributed by atoms with van der Waals surface area (Å²) in [5.41, 5.74) is 1.66. The number of amides is 2. The van der Waals surface area contributed by atoms with Gasteiger partial charge in [0, 0.05) is 43.7 Å². The van der Waals surface area contributed by atoms with Crippen LogP contribution in [0.4, 0.5) is 4.39 Å². The van der Waals surface area contributed by atoms with E-state index in [0.717, 1.165) is 12.1 Å². The summed E-state index contributed by atoms with van der Waals surface area (Å²) in [4.78, 5) is 31.2. The van der Waals surface area contributed by atoms with Crippen molar-refractivity contribution in [2.75, 3.05) is 31.3 Å². The fourth-order valence-corrected chi connectivity index (χ4v) is 5.32. The molecule has 3 saturated heterocycles. The van der Waals surface area contributed by atoms with Gasteiger partial charge in [0.2, 0.25) is 11.8 Å². The number of fused-ring (bicyclic) bond motifs is 2. The van der Waals surface area contributed by atoms with Crippen molar-refractivity contribution in [2.24, 2.45) is 0 Å². The maximum Gasteiger partial charge on any atom is 0.248 e. The van der Waals surface area contributed by atoms with Crippen molar-refractivity contribution in [3.05, 3.63) is 48.0 Å². The molecule has 2 amide bonds. The third-order valence-corrected chi connectivity index (χ3v) is 6.61. The Morgan fingerprint density at radius 3 is 2.86 bits per heavy atom. The van der Waals surface area contributed by atoms with E-state index in [1.807, 2.05) is 6.20 Å². The Hall–Kier alpha value is -2.39. The van der Waals surface area contributed by atoms with Gasteiger partial charge in [0.1, 0.15) is 17.9 Å². The molecule has 0 radical (unpaired) electrons. The molecular formula is C19H20FN5O2S. The van der Waals surface area contributed by atoms with Gasteiger partial charge in [-0.25, -0.2) is 9.07 Å². The molecule has 0 N–H and O–H groups in total. The Balaban J connectivity index is 1.29. The van der Waals surface area contributed by atoms with Crippen LogP contribution in [0.1, 0.15) is 5.56 Å². The van der Waals surface area contributed by atoms with Crippen LogP contribution in [0.5, 0.6) is 0 Å². The average molecular weight is 401 g/mol. The van der Waals surface area contributed by atoms with Gasteiger partial charge < -0.3 is 9.80 Å². The molecule has 0 bridgehead atoms. The zero-order valence-electron chi connectivity index (χ0n) is 15.2. The second-order valence-corrected chi connectivity index (χ2v) is 8.38. The maximum absolute atomic E-state index is 13.4. The average Bonchev–Trinajstić information content (AvgIpc) is 3.36. The molecule has 0 aliphatic carbocycles. The summed E-state index contributed by atoms with van der Waals surface area (Å²) in [6, 6.07) is 5.63. The standard InChI is InChI=1S/C19H20FN5O2S/c20-14-2-1-3-15(6-14)25-9-13(7-21-25)8-22-4-5-23-16(10-22)18(26)24-12-28-11-17(24)19(23)27/h1-3,6-7,9,16-17H,4-5,8,10-12H2/t16-,17+/m1/s1. The van der Waals surface area contributed by atoms with E-state index in [4.69, 9.17) is 0 Å². The Morgan fingerprint density at radius 1 is 1.14 bits per heavy atom. The summed E-state index contributed by atoms with van der Waals surface area (Å²) in [5, 5.41) is 4.33. The Kier molecular flexibility index (Phi) is 4.36. The molecule has 0 unspecified atom stereocenters. The van der Waals surface area contributed by atoms with Crippen LogP contribution in [0.25, 0.3) is 5.69 Å². The molecule has 0 saturated carbocycles. The van der Waals surface area contributed by atoms with E-state index in [9.17, 15) is 14.0 Å². The number of nitrogens with zero attached hydrogens (tertiary/aromatic N) is 5. The second kappa shape index (κ2) is 6.89. The predicted molar refractivity (Wildman–Crippen MR) is 102 cm³/mol. The van der Waals surface area contributed by atoms with Crippen molar-refractivity contribution >= 4 is 23.6 Å². The first-order chi connectivity index (χ1) is 13.6. The van der Waals surface area contributed by atoms with Crippen LogP contribution in [0.3, 0.4) is 0 Å². The summed E-state index contributed by atoms with van der Waals surface area (Å²) in [7, 11) is 0. The van der Waals surface area contributed by atoms with Crippen molar-refractivity contribution in [3.8, 4) is 5.69 Å². The number of hydrogen-bond acceptors (Lipinski definition) is 5. The highest BCUT2D eigenvalue weighted by Crippen LogP contribution is 2.30. The highest BCUT2D eigenvalue weighted by atomic mass is 32.2. The van der Waals surface area contributed by atoms with Gasteiger partial charge in [0.15, 0.2) is 0 Å². The fourth-order valence-electron chi connectivity index (χ4n) is 4.17. The molecule has 3 fully saturated rings. The number of carbonyl (C=O) groups excluding carboxylic acids is 2. The van der Waals surface area contributed by atoms with Crippen LogP contribution in [-0.4, -0.2) is 79.6 Å². The summed E-state index contributed by atoms with van der Waals surface area (Å²) >= 11 is 1.64. The van der Waals surface area contributed by atoms with Crippen molar-refractivity contribution in [2.45, 2.75) is 18.6 Å². The van der Waals surface area contributed by atoms with E-state index in [1.165, 1.54) is 12.1 Å². The number of thioether (sulfide) groups is 1. The molecule has 2 atom stereocenters. The fraction of sp³-hybridized carbons (Fsp3) is 0.421. The summed E-state index contributed by atoms with van der Waals surface area (Å²) < 4.78 is 15.1. The molecular weight excluding hydrogens is 381 g/mol. The molecule has 3 aliphatic rings. The Bertz CT molecular complexity index is 935. The number of aromatic nitrogens is 2. The number of halogens is 1. The van der Waals surface area contributed by atoms with Gasteiger partial charge in [-0.3, -0.25) is 14.5 Å². The van der Waals surface area contributed by atoms with Gasteiger partial charge in [-0.15, -0.1) is 11.8 Å². The normalized spacial score (nSPS) is 25.2. The van der Waals surface area contributed by atoms with Gasteiger partial charge in [0.25, 0.3) is 0 Å². The lowest BCUT2D eigenvalue weighted by atomic mass is 10.0. The third-order valence-electron chi connectivity index (χ3n) is 5.60. The van der Waals surface area contributed by atoms with Crippen molar-refractivity contribution in [3.63, 3.8) is 0 Å². The quantitative estimate of drug-likeness (QED) is 0.766. The minimum atomic E-state index is -0.394. The lowest BCUT2D eigenvalue weighted by Crippen LogP contribution is -2.69. The molecule has 7 nitrogen and oxygen atoms in total. The first-order valence-corrected chi connectivity index (χ1v) is 10.5. The van der Waals surface area contributed by atoms with Crippen LogP contribution in [0.15, 0.2) is 36.7 Å². The van der Waals surface area contributed by atoms with Crippen molar-refractivity contribution in [1.82, 2.24) is 24.5 Å². The van der Waals surface area contributed by atoms with Gasteiger partial charge in [-0.05, 0) is 18.2 Å². The Morgan fingerprint density at radius 2 is 2.00 bits per heavy atom. The summed E-state index contributed by atoms with van der Waals surface area (Å²) in [5.74, 6) is 1.17. The number of piperazine rings is 2. The van der Waals surface area contributed by atoms with E-state index in [-0.39, 0.29) is 23.7 Å². The van der Waals surface area contributed by atoms with Crippen LogP contribution >= 0.6 is 11.8 Å². The lowest BCUT2D eigenvalue weighted by molar-refractivity contribution is -0.162.